The number of aromatic nitrogens is 1. The van der Waals surface area contributed by atoms with Crippen molar-refractivity contribution in [2.24, 2.45) is 5.10 Å². The maximum Gasteiger partial charge on any atom is 0.272 e. The van der Waals surface area contributed by atoms with Crippen LogP contribution >= 0.6 is 0 Å². The predicted molar refractivity (Wildman–Crippen MR) is 118 cm³/mol. The summed E-state index contributed by atoms with van der Waals surface area (Å²) in [5.74, 6) is -0.647. The number of para-hydroxylation sites is 1. The number of halogens is 1. The molecule has 148 valence electrons. The smallest absolute Gasteiger partial charge is 0.267 e. The molecular weight excluding hydrogens is 377 g/mol. The molecule has 1 aromatic heterocycles. The van der Waals surface area contributed by atoms with Crippen molar-refractivity contribution >= 4 is 22.5 Å². The fraction of sp³-hybridized carbons (Fsp3) is 0.0800. The van der Waals surface area contributed by atoms with E-state index < -0.39 is 0 Å². The third-order valence-corrected chi connectivity index (χ3v) is 4.90. The maximum atomic E-state index is 13.1. The molecule has 4 rings (SSSR count). The van der Waals surface area contributed by atoms with Gasteiger partial charge in [-0.1, -0.05) is 60.2 Å². The van der Waals surface area contributed by atoms with Crippen molar-refractivity contribution in [3.8, 4) is 11.3 Å². The van der Waals surface area contributed by atoms with Gasteiger partial charge in [-0.25, -0.2) is 14.8 Å². The van der Waals surface area contributed by atoms with Crippen LogP contribution in [0.2, 0.25) is 0 Å². The van der Waals surface area contributed by atoms with Crippen LogP contribution in [0.1, 0.15) is 28.4 Å². The minimum Gasteiger partial charge on any atom is -0.267 e. The first-order chi connectivity index (χ1) is 14.5. The van der Waals surface area contributed by atoms with E-state index in [4.69, 9.17) is 4.98 Å². The lowest BCUT2D eigenvalue weighted by Gasteiger charge is -2.10. The Hall–Kier alpha value is -3.86. The molecule has 4 nitrogen and oxygen atoms in total. The normalized spacial score (nSPS) is 11.5. The highest BCUT2D eigenvalue weighted by atomic mass is 19.1. The average Bonchev–Trinajstić information content (AvgIpc) is 2.77. The van der Waals surface area contributed by atoms with Crippen molar-refractivity contribution in [2.45, 2.75) is 13.8 Å². The number of nitrogens with one attached hydrogen (secondary N) is 1. The number of carbonyl (C=O) groups is 1. The summed E-state index contributed by atoms with van der Waals surface area (Å²) in [5, 5.41) is 4.95. The van der Waals surface area contributed by atoms with Gasteiger partial charge in [0.1, 0.15) is 5.82 Å². The highest BCUT2D eigenvalue weighted by Gasteiger charge is 2.14. The van der Waals surface area contributed by atoms with Gasteiger partial charge in [0, 0.05) is 10.9 Å². The molecule has 1 heterocycles. The quantitative estimate of drug-likeness (QED) is 0.365. The fourth-order valence-electron chi connectivity index (χ4n) is 3.19. The number of aryl methyl sites for hydroxylation is 1. The van der Waals surface area contributed by atoms with E-state index in [1.165, 1.54) is 12.1 Å². The summed E-state index contributed by atoms with van der Waals surface area (Å²) < 4.78 is 13.1. The van der Waals surface area contributed by atoms with Crippen LogP contribution in [0.5, 0.6) is 0 Å². The first-order valence-electron chi connectivity index (χ1n) is 9.58. The fourth-order valence-corrected chi connectivity index (χ4v) is 3.19. The number of rotatable bonds is 4. The van der Waals surface area contributed by atoms with Crippen molar-refractivity contribution in [1.82, 2.24) is 10.4 Å². The predicted octanol–water partition coefficient (Wildman–Crippen LogP) is 5.50. The monoisotopic (exact) mass is 397 g/mol. The van der Waals surface area contributed by atoms with Crippen molar-refractivity contribution in [1.29, 1.82) is 0 Å². The first kappa shape index (κ1) is 19.5. The number of benzene rings is 3. The van der Waals surface area contributed by atoms with Gasteiger partial charge < -0.3 is 0 Å². The minimum absolute atomic E-state index is 0.317. The molecule has 0 radical (unpaired) electrons. The molecule has 0 aliphatic carbocycles. The first-order valence-corrected chi connectivity index (χ1v) is 9.58. The van der Waals surface area contributed by atoms with Gasteiger partial charge in [0.15, 0.2) is 0 Å². The number of pyridine rings is 1. The summed E-state index contributed by atoms with van der Waals surface area (Å²) in [7, 11) is 0. The summed E-state index contributed by atoms with van der Waals surface area (Å²) in [6.45, 7) is 3.79. The zero-order valence-electron chi connectivity index (χ0n) is 16.7. The molecule has 0 aliphatic rings. The highest BCUT2D eigenvalue weighted by Crippen LogP contribution is 2.25. The van der Waals surface area contributed by atoms with Gasteiger partial charge in [-0.3, -0.25) is 4.79 Å². The third kappa shape index (κ3) is 4.10. The van der Waals surface area contributed by atoms with Crippen LogP contribution < -0.4 is 5.43 Å². The summed E-state index contributed by atoms with van der Waals surface area (Å²) in [6, 6.07) is 23.3. The molecule has 1 amide bonds. The lowest BCUT2D eigenvalue weighted by molar-refractivity contribution is 0.0956. The Bertz CT molecular complexity index is 1250. The summed E-state index contributed by atoms with van der Waals surface area (Å²) >= 11 is 0. The van der Waals surface area contributed by atoms with Crippen LogP contribution in [0, 0.1) is 12.7 Å². The molecule has 0 saturated carbocycles. The van der Waals surface area contributed by atoms with Gasteiger partial charge in [0.05, 0.1) is 22.5 Å². The Labute approximate surface area is 174 Å². The molecular formula is C25H20FN3O. The molecule has 0 saturated heterocycles. The largest absolute Gasteiger partial charge is 0.272 e. The van der Waals surface area contributed by atoms with Crippen LogP contribution in [0.15, 0.2) is 84.0 Å². The van der Waals surface area contributed by atoms with E-state index in [0.29, 0.717) is 11.3 Å². The van der Waals surface area contributed by atoms with Gasteiger partial charge in [-0.15, -0.1) is 0 Å². The van der Waals surface area contributed by atoms with Gasteiger partial charge >= 0.3 is 0 Å². The molecule has 5 heteroatoms. The molecule has 0 spiro atoms. The van der Waals surface area contributed by atoms with Gasteiger partial charge in [0.2, 0.25) is 0 Å². The maximum absolute atomic E-state index is 13.1. The Kier molecular flexibility index (Phi) is 5.35. The minimum atomic E-state index is -0.330. The van der Waals surface area contributed by atoms with Crippen LogP contribution in [0.4, 0.5) is 4.39 Å². The Morgan fingerprint density at radius 2 is 1.67 bits per heavy atom. The van der Waals surface area contributed by atoms with Gasteiger partial charge in [-0.2, -0.15) is 5.10 Å². The van der Waals surface area contributed by atoms with Gasteiger partial charge in [-0.05, 0) is 43.7 Å². The summed E-state index contributed by atoms with van der Waals surface area (Å²) in [6.07, 6.45) is 0. The van der Waals surface area contributed by atoms with Crippen molar-refractivity contribution < 1.29 is 9.18 Å². The lowest BCUT2D eigenvalue weighted by Crippen LogP contribution is -2.20. The molecule has 0 atom stereocenters. The lowest BCUT2D eigenvalue weighted by atomic mass is 10.0. The standard InChI is InChI=1S/C25H20FN3O/c1-16-7-9-19(10-8-16)24-15-22(21-5-3-4-6-23(21)27-24)25(30)29-28-17(2)18-11-13-20(26)14-12-18/h3-15H,1-2H3,(H,29,30)/b28-17-. The number of nitrogens with zero attached hydrogens (tertiary/aromatic N) is 2. The van der Waals surface area contributed by atoms with Crippen LogP contribution in [0.25, 0.3) is 22.2 Å². The van der Waals surface area contributed by atoms with E-state index >= 15 is 0 Å². The second-order valence-corrected chi connectivity index (χ2v) is 7.08. The number of amides is 1. The van der Waals surface area contributed by atoms with E-state index in [9.17, 15) is 9.18 Å². The molecule has 1 N–H and O–H groups in total. The zero-order chi connectivity index (χ0) is 21.1. The van der Waals surface area contributed by atoms with E-state index in [1.54, 1.807) is 25.1 Å². The Morgan fingerprint density at radius 1 is 0.967 bits per heavy atom. The van der Waals surface area contributed by atoms with Crippen LogP contribution in [-0.4, -0.2) is 16.6 Å². The number of fused-ring (bicyclic) bond motifs is 1. The molecule has 3 aromatic carbocycles. The van der Waals surface area contributed by atoms with Crippen molar-refractivity contribution in [2.75, 3.05) is 0 Å². The van der Waals surface area contributed by atoms with Crippen LogP contribution in [-0.2, 0) is 0 Å². The van der Waals surface area contributed by atoms with Crippen molar-refractivity contribution in [3.63, 3.8) is 0 Å². The van der Waals surface area contributed by atoms with E-state index in [0.717, 1.165) is 33.3 Å². The van der Waals surface area contributed by atoms with E-state index in [2.05, 4.69) is 10.5 Å². The molecule has 4 aromatic rings. The highest BCUT2D eigenvalue weighted by molar-refractivity contribution is 6.08. The van der Waals surface area contributed by atoms with E-state index in [-0.39, 0.29) is 11.7 Å². The summed E-state index contributed by atoms with van der Waals surface area (Å²) in [4.78, 5) is 17.7. The third-order valence-electron chi connectivity index (χ3n) is 4.90. The number of carbonyl (C=O) groups excluding carboxylic acids is 1. The molecule has 0 aliphatic heterocycles. The zero-order valence-corrected chi connectivity index (χ0v) is 16.7. The average molecular weight is 397 g/mol. The second kappa shape index (κ2) is 8.25. The van der Waals surface area contributed by atoms with Gasteiger partial charge in [0.25, 0.3) is 5.91 Å². The Balaban J connectivity index is 1.70. The van der Waals surface area contributed by atoms with E-state index in [1.807, 2.05) is 55.5 Å². The number of hydrogen-bond donors (Lipinski definition) is 1. The topological polar surface area (TPSA) is 54.4 Å². The summed E-state index contributed by atoms with van der Waals surface area (Å²) in [5.41, 5.74) is 7.98. The Morgan fingerprint density at radius 3 is 2.40 bits per heavy atom. The molecule has 30 heavy (non-hydrogen) atoms. The SMILES string of the molecule is C/C(=N/NC(=O)c1cc(-c2ccc(C)cc2)nc2ccccc12)c1ccc(F)cc1. The molecule has 0 fully saturated rings. The van der Waals surface area contributed by atoms with Crippen molar-refractivity contribution in [3.05, 3.63) is 101 Å². The number of hydrazone groups is 1. The molecule has 0 bridgehead atoms. The van der Waals surface area contributed by atoms with Crippen LogP contribution in [0.3, 0.4) is 0 Å². The number of hydrogen-bond acceptors (Lipinski definition) is 3. The molecule has 0 unspecified atom stereocenters. The second-order valence-electron chi connectivity index (χ2n) is 7.08.